The van der Waals surface area contributed by atoms with Gasteiger partial charge in [-0.25, -0.2) is 13.1 Å². The van der Waals surface area contributed by atoms with Crippen molar-refractivity contribution in [3.8, 4) is 11.5 Å². The molecule has 1 aromatic rings. The average molecular weight is 335 g/mol. The Kier molecular flexibility index (Phi) is 4.98. The Morgan fingerprint density at radius 3 is 2.67 bits per heavy atom. The molecule has 0 aliphatic carbocycles. The van der Waals surface area contributed by atoms with E-state index in [1.54, 1.807) is 13.0 Å². The number of ether oxygens (including phenoxy) is 2. The van der Waals surface area contributed by atoms with Crippen molar-refractivity contribution >= 4 is 22.4 Å². The lowest BCUT2D eigenvalue weighted by Crippen LogP contribution is -2.45. The van der Waals surface area contributed by atoms with Crippen LogP contribution in [0.2, 0.25) is 0 Å². The summed E-state index contributed by atoms with van der Waals surface area (Å²) in [6, 6.07) is 3.19. The van der Waals surface area contributed by atoms with Crippen molar-refractivity contribution in [1.82, 2.24) is 10.0 Å². The van der Waals surface area contributed by atoms with Crippen LogP contribution in [0.4, 0.5) is 0 Å². The molecule has 6 nitrogen and oxygen atoms in total. The van der Waals surface area contributed by atoms with Crippen LogP contribution in [0.15, 0.2) is 17.0 Å². The Hall–Kier alpha value is -1.02. The Bertz CT molecular complexity index is 615. The van der Waals surface area contributed by atoms with E-state index in [0.717, 1.165) is 19.4 Å². The van der Waals surface area contributed by atoms with Crippen molar-refractivity contribution in [2.45, 2.75) is 30.7 Å². The van der Waals surface area contributed by atoms with Crippen LogP contribution in [0.1, 0.15) is 18.4 Å². The molecule has 0 spiro atoms. The first-order valence-electron chi connectivity index (χ1n) is 6.69. The average Bonchev–Trinajstić information content (AvgIpc) is 2.85. The normalized spacial score (nSPS) is 20.9. The molecule has 118 valence electrons. The fourth-order valence-corrected chi connectivity index (χ4v) is 4.06. The van der Waals surface area contributed by atoms with Crippen LogP contribution in [-0.2, 0) is 10.0 Å². The lowest BCUT2D eigenvalue weighted by atomic mass is 10.1. The number of sulfonamides is 1. The number of nitrogens with one attached hydrogen (secondary N) is 2. The van der Waals surface area contributed by atoms with Gasteiger partial charge in [0.15, 0.2) is 11.5 Å². The fourth-order valence-electron chi connectivity index (χ4n) is 2.55. The van der Waals surface area contributed by atoms with E-state index in [1.165, 1.54) is 6.07 Å². The molecule has 1 aromatic carbocycles. The molecular formula is C13H19ClN2O4S. The molecule has 0 amide bonds. The first-order chi connectivity index (χ1) is 9.56. The highest BCUT2D eigenvalue weighted by Gasteiger charge is 2.26. The zero-order valence-electron chi connectivity index (χ0n) is 11.7. The Balaban J connectivity index is 0.00000161. The van der Waals surface area contributed by atoms with Gasteiger partial charge in [0, 0.05) is 18.7 Å². The number of hydrogen-bond acceptors (Lipinski definition) is 5. The summed E-state index contributed by atoms with van der Waals surface area (Å²) in [6.45, 7) is 3.51. The van der Waals surface area contributed by atoms with Gasteiger partial charge in [0.2, 0.25) is 16.8 Å². The highest BCUT2D eigenvalue weighted by molar-refractivity contribution is 7.89. The molecule has 0 bridgehead atoms. The number of rotatable bonds is 3. The van der Waals surface area contributed by atoms with Crippen molar-refractivity contribution in [3.05, 3.63) is 17.7 Å². The molecule has 2 aliphatic rings. The molecule has 0 saturated carbocycles. The van der Waals surface area contributed by atoms with E-state index in [9.17, 15) is 8.42 Å². The monoisotopic (exact) mass is 334 g/mol. The van der Waals surface area contributed by atoms with Crippen molar-refractivity contribution < 1.29 is 17.9 Å². The van der Waals surface area contributed by atoms with Gasteiger partial charge < -0.3 is 14.8 Å². The predicted octanol–water partition coefficient (Wildman–Crippen LogP) is 1.18. The molecule has 1 atom stereocenters. The molecule has 2 N–H and O–H groups in total. The third-order valence-electron chi connectivity index (χ3n) is 3.58. The van der Waals surface area contributed by atoms with Crippen LogP contribution >= 0.6 is 12.4 Å². The largest absolute Gasteiger partial charge is 0.454 e. The third kappa shape index (κ3) is 3.42. The van der Waals surface area contributed by atoms with Crippen LogP contribution in [0, 0.1) is 6.92 Å². The summed E-state index contributed by atoms with van der Waals surface area (Å²) in [6.07, 6.45) is 1.84. The van der Waals surface area contributed by atoms with Gasteiger partial charge in [0.05, 0.1) is 4.90 Å². The van der Waals surface area contributed by atoms with E-state index in [4.69, 9.17) is 9.47 Å². The summed E-state index contributed by atoms with van der Waals surface area (Å²) < 4.78 is 38.2. The van der Waals surface area contributed by atoms with Crippen molar-refractivity contribution in [2.75, 3.05) is 19.9 Å². The Labute approximate surface area is 130 Å². The minimum absolute atomic E-state index is 0. The minimum Gasteiger partial charge on any atom is -0.454 e. The van der Waals surface area contributed by atoms with Gasteiger partial charge in [-0.3, -0.25) is 0 Å². The van der Waals surface area contributed by atoms with Gasteiger partial charge in [0.1, 0.15) is 0 Å². The van der Waals surface area contributed by atoms with Gasteiger partial charge in [-0.2, -0.15) is 0 Å². The maximum absolute atomic E-state index is 12.5. The standard InChI is InChI=1S/C13H18N2O4S.ClH/c1-9-5-11-12(19-8-18-11)6-13(9)20(16,17)15-10-3-2-4-14-7-10;/h5-6,10,14-15H,2-4,7-8H2,1H3;1H. The smallest absolute Gasteiger partial charge is 0.241 e. The zero-order chi connectivity index (χ0) is 14.2. The van der Waals surface area contributed by atoms with Crippen LogP contribution < -0.4 is 19.5 Å². The third-order valence-corrected chi connectivity index (χ3v) is 5.24. The molecule has 2 aliphatic heterocycles. The second kappa shape index (κ2) is 6.39. The second-order valence-corrected chi connectivity index (χ2v) is 6.82. The molecule has 8 heteroatoms. The number of fused-ring (bicyclic) bond motifs is 1. The van der Waals surface area contributed by atoms with E-state index in [2.05, 4.69) is 10.0 Å². The molecule has 1 fully saturated rings. The molecular weight excluding hydrogens is 316 g/mol. The van der Waals surface area contributed by atoms with Crippen molar-refractivity contribution in [3.63, 3.8) is 0 Å². The number of hydrogen-bond donors (Lipinski definition) is 2. The Morgan fingerprint density at radius 1 is 1.29 bits per heavy atom. The van der Waals surface area contributed by atoms with Crippen LogP contribution in [0.5, 0.6) is 11.5 Å². The van der Waals surface area contributed by atoms with Gasteiger partial charge in [-0.15, -0.1) is 12.4 Å². The number of halogens is 1. The number of aryl methyl sites for hydroxylation is 1. The van der Waals surface area contributed by atoms with E-state index >= 15 is 0 Å². The summed E-state index contributed by atoms with van der Waals surface area (Å²) in [4.78, 5) is 0.257. The van der Waals surface area contributed by atoms with E-state index < -0.39 is 10.0 Å². The first kappa shape index (κ1) is 16.4. The number of piperidine rings is 1. The van der Waals surface area contributed by atoms with E-state index in [0.29, 0.717) is 23.6 Å². The summed E-state index contributed by atoms with van der Waals surface area (Å²) in [5.74, 6) is 1.08. The summed E-state index contributed by atoms with van der Waals surface area (Å²) >= 11 is 0. The molecule has 3 rings (SSSR count). The van der Waals surface area contributed by atoms with E-state index in [-0.39, 0.29) is 30.1 Å². The van der Waals surface area contributed by atoms with Gasteiger partial charge in [0.25, 0.3) is 0 Å². The quantitative estimate of drug-likeness (QED) is 0.868. The predicted molar refractivity (Wildman–Crippen MR) is 80.8 cm³/mol. The first-order valence-corrected chi connectivity index (χ1v) is 8.18. The molecule has 1 unspecified atom stereocenters. The lowest BCUT2D eigenvalue weighted by molar-refractivity contribution is 0.174. The van der Waals surface area contributed by atoms with Gasteiger partial charge in [-0.05, 0) is 37.9 Å². The SMILES string of the molecule is Cc1cc2c(cc1S(=O)(=O)NC1CCCNC1)OCO2.Cl. The molecule has 21 heavy (non-hydrogen) atoms. The molecule has 0 aromatic heterocycles. The topological polar surface area (TPSA) is 76.7 Å². The zero-order valence-corrected chi connectivity index (χ0v) is 13.4. The van der Waals surface area contributed by atoms with Gasteiger partial charge >= 0.3 is 0 Å². The van der Waals surface area contributed by atoms with Crippen LogP contribution in [0.3, 0.4) is 0 Å². The minimum atomic E-state index is -3.54. The lowest BCUT2D eigenvalue weighted by Gasteiger charge is -2.24. The van der Waals surface area contributed by atoms with Crippen LogP contribution in [0.25, 0.3) is 0 Å². The molecule has 2 heterocycles. The van der Waals surface area contributed by atoms with Crippen molar-refractivity contribution in [2.24, 2.45) is 0 Å². The molecule has 0 radical (unpaired) electrons. The second-order valence-electron chi connectivity index (χ2n) is 5.14. The fraction of sp³-hybridized carbons (Fsp3) is 0.538. The number of benzene rings is 1. The summed E-state index contributed by atoms with van der Waals surface area (Å²) in [7, 11) is -3.54. The highest BCUT2D eigenvalue weighted by atomic mass is 35.5. The van der Waals surface area contributed by atoms with Crippen molar-refractivity contribution in [1.29, 1.82) is 0 Å². The molecule has 1 saturated heterocycles. The summed E-state index contributed by atoms with van der Waals surface area (Å²) in [5.41, 5.74) is 0.658. The Morgan fingerprint density at radius 2 is 2.00 bits per heavy atom. The van der Waals surface area contributed by atoms with E-state index in [1.807, 2.05) is 0 Å². The van der Waals surface area contributed by atoms with Gasteiger partial charge in [-0.1, -0.05) is 0 Å². The van der Waals surface area contributed by atoms with Crippen LogP contribution in [-0.4, -0.2) is 34.3 Å². The summed E-state index contributed by atoms with van der Waals surface area (Å²) in [5, 5.41) is 3.19. The maximum atomic E-state index is 12.5. The highest BCUT2D eigenvalue weighted by Crippen LogP contribution is 2.36. The maximum Gasteiger partial charge on any atom is 0.241 e.